The van der Waals surface area contributed by atoms with Crippen LogP contribution in [-0.4, -0.2) is 4.98 Å². The van der Waals surface area contributed by atoms with Crippen LogP contribution in [0.1, 0.15) is 4.88 Å². The number of hydrazine groups is 1. The largest absolute Gasteiger partial charge is 0.380 e. The molecule has 0 amide bonds. The van der Waals surface area contributed by atoms with Crippen molar-refractivity contribution in [2.75, 3.05) is 10.7 Å². The van der Waals surface area contributed by atoms with Gasteiger partial charge in [-0.1, -0.05) is 0 Å². The van der Waals surface area contributed by atoms with Crippen molar-refractivity contribution in [1.82, 2.24) is 4.98 Å². The summed E-state index contributed by atoms with van der Waals surface area (Å²) in [6, 6.07) is 7.90. The molecule has 0 unspecified atom stereocenters. The molecular weight excluding hydrogens is 288 g/mol. The Labute approximate surface area is 106 Å². The maximum atomic E-state index is 5.28. The number of aromatic nitrogens is 1. The van der Waals surface area contributed by atoms with Crippen LogP contribution in [0, 0.1) is 0 Å². The van der Waals surface area contributed by atoms with Crippen LogP contribution >= 0.6 is 27.3 Å². The van der Waals surface area contributed by atoms with Gasteiger partial charge in [0.15, 0.2) is 0 Å². The molecule has 0 saturated heterocycles. The number of rotatable bonds is 4. The third-order valence-electron chi connectivity index (χ3n) is 2.00. The van der Waals surface area contributed by atoms with Crippen molar-refractivity contribution in [3.8, 4) is 0 Å². The van der Waals surface area contributed by atoms with Crippen LogP contribution in [0.3, 0.4) is 0 Å². The summed E-state index contributed by atoms with van der Waals surface area (Å²) in [6.07, 6.45) is 1.71. The summed E-state index contributed by atoms with van der Waals surface area (Å²) in [5.41, 5.74) is 3.51. The molecule has 0 aliphatic heterocycles. The van der Waals surface area contributed by atoms with E-state index in [1.54, 1.807) is 17.5 Å². The lowest BCUT2D eigenvalue weighted by atomic mass is 10.3. The van der Waals surface area contributed by atoms with E-state index >= 15 is 0 Å². The monoisotopic (exact) mass is 298 g/mol. The van der Waals surface area contributed by atoms with Crippen LogP contribution in [-0.2, 0) is 6.54 Å². The summed E-state index contributed by atoms with van der Waals surface area (Å²) < 4.78 is 1.14. The molecule has 2 rings (SSSR count). The van der Waals surface area contributed by atoms with Crippen LogP contribution < -0.4 is 16.6 Å². The Balaban J connectivity index is 1.99. The number of nitrogen functional groups attached to an aromatic ring is 1. The highest BCUT2D eigenvalue weighted by Gasteiger charge is 1.98. The number of thiophene rings is 1. The highest BCUT2D eigenvalue weighted by Crippen LogP contribution is 2.23. The molecule has 0 aliphatic rings. The third-order valence-corrected chi connectivity index (χ3v) is 3.63. The van der Waals surface area contributed by atoms with Gasteiger partial charge in [-0.3, -0.25) is 0 Å². The first kappa shape index (κ1) is 11.4. The lowest BCUT2D eigenvalue weighted by Gasteiger charge is -2.06. The first-order chi connectivity index (χ1) is 7.78. The molecule has 0 aromatic carbocycles. The molecular formula is C10H11BrN4S. The molecule has 2 aromatic rings. The van der Waals surface area contributed by atoms with Crippen molar-refractivity contribution in [3.05, 3.63) is 39.1 Å². The summed E-state index contributed by atoms with van der Waals surface area (Å²) in [4.78, 5) is 5.31. The molecule has 0 aliphatic carbocycles. The van der Waals surface area contributed by atoms with Gasteiger partial charge in [0, 0.05) is 29.4 Å². The van der Waals surface area contributed by atoms with Gasteiger partial charge in [-0.25, -0.2) is 10.8 Å². The SMILES string of the molecule is NNc1cc(NCc2ccc(Br)s2)ccn1. The second-order valence-corrected chi connectivity index (χ2v) is 5.68. The number of pyridine rings is 1. The molecule has 6 heteroatoms. The van der Waals surface area contributed by atoms with Gasteiger partial charge in [0.1, 0.15) is 5.82 Å². The standard InChI is InChI=1S/C10H11BrN4S/c11-9-2-1-8(16-9)6-14-7-3-4-13-10(5-7)15-12/h1-5H,6,12H2,(H2,13,14,15). The normalized spacial score (nSPS) is 10.1. The van der Waals surface area contributed by atoms with Crippen molar-refractivity contribution < 1.29 is 0 Å². The van der Waals surface area contributed by atoms with Gasteiger partial charge in [-0.15, -0.1) is 11.3 Å². The van der Waals surface area contributed by atoms with Gasteiger partial charge in [0.2, 0.25) is 0 Å². The Morgan fingerprint density at radius 2 is 2.25 bits per heavy atom. The molecule has 0 saturated carbocycles. The second-order valence-electron chi connectivity index (χ2n) is 3.13. The molecule has 84 valence electrons. The number of halogens is 1. The summed E-state index contributed by atoms with van der Waals surface area (Å²) in [5, 5.41) is 3.30. The van der Waals surface area contributed by atoms with E-state index < -0.39 is 0 Å². The Hall–Kier alpha value is -1.11. The van der Waals surface area contributed by atoms with Crippen molar-refractivity contribution in [3.63, 3.8) is 0 Å². The highest BCUT2D eigenvalue weighted by atomic mass is 79.9. The van der Waals surface area contributed by atoms with Crippen molar-refractivity contribution >= 4 is 38.8 Å². The van der Waals surface area contributed by atoms with Gasteiger partial charge in [0.25, 0.3) is 0 Å². The van der Waals surface area contributed by atoms with E-state index in [1.807, 2.05) is 18.2 Å². The van der Waals surface area contributed by atoms with Crippen LogP contribution in [0.2, 0.25) is 0 Å². The zero-order valence-electron chi connectivity index (χ0n) is 8.40. The van der Waals surface area contributed by atoms with E-state index in [0.29, 0.717) is 5.82 Å². The van der Waals surface area contributed by atoms with Crippen LogP contribution in [0.25, 0.3) is 0 Å². The van der Waals surface area contributed by atoms with E-state index in [1.165, 1.54) is 4.88 Å². The Bertz CT molecular complexity index is 471. The predicted molar refractivity (Wildman–Crippen MR) is 71.4 cm³/mol. The Morgan fingerprint density at radius 1 is 1.38 bits per heavy atom. The Kier molecular flexibility index (Phi) is 3.76. The van der Waals surface area contributed by atoms with E-state index in [-0.39, 0.29) is 0 Å². The number of nitrogens with two attached hydrogens (primary N) is 1. The topological polar surface area (TPSA) is 63.0 Å². The molecule has 0 radical (unpaired) electrons. The van der Waals surface area contributed by atoms with E-state index in [2.05, 4.69) is 37.7 Å². The fourth-order valence-corrected chi connectivity index (χ4v) is 2.68. The van der Waals surface area contributed by atoms with Crippen LogP contribution in [0.15, 0.2) is 34.2 Å². The van der Waals surface area contributed by atoms with Crippen molar-refractivity contribution in [2.24, 2.45) is 5.84 Å². The van der Waals surface area contributed by atoms with Gasteiger partial charge >= 0.3 is 0 Å². The average Bonchev–Trinajstić information content (AvgIpc) is 2.73. The summed E-state index contributed by atoms with van der Waals surface area (Å²) in [5.74, 6) is 5.94. The minimum atomic E-state index is 0.650. The maximum absolute atomic E-state index is 5.28. The quantitative estimate of drug-likeness (QED) is 0.600. The van der Waals surface area contributed by atoms with E-state index in [0.717, 1.165) is 16.0 Å². The van der Waals surface area contributed by atoms with Gasteiger partial charge in [-0.2, -0.15) is 0 Å². The zero-order valence-corrected chi connectivity index (χ0v) is 10.8. The number of nitrogens with zero attached hydrogens (tertiary/aromatic N) is 1. The van der Waals surface area contributed by atoms with Gasteiger partial charge in [0.05, 0.1) is 3.79 Å². The fraction of sp³-hybridized carbons (Fsp3) is 0.100. The maximum Gasteiger partial charge on any atom is 0.141 e. The van der Waals surface area contributed by atoms with Gasteiger partial charge < -0.3 is 10.7 Å². The number of hydrogen-bond acceptors (Lipinski definition) is 5. The fourth-order valence-electron chi connectivity index (χ4n) is 1.26. The summed E-state index contributed by atoms with van der Waals surface area (Å²) in [6.45, 7) is 0.796. The minimum Gasteiger partial charge on any atom is -0.380 e. The number of nitrogens with one attached hydrogen (secondary N) is 2. The molecule has 0 fully saturated rings. The molecule has 0 spiro atoms. The summed E-state index contributed by atoms with van der Waals surface area (Å²) >= 11 is 5.15. The van der Waals surface area contributed by atoms with E-state index in [9.17, 15) is 0 Å². The van der Waals surface area contributed by atoms with Gasteiger partial charge in [-0.05, 0) is 34.1 Å². The molecule has 0 bridgehead atoms. The highest BCUT2D eigenvalue weighted by molar-refractivity contribution is 9.11. The molecule has 0 atom stereocenters. The first-order valence-electron chi connectivity index (χ1n) is 4.68. The smallest absolute Gasteiger partial charge is 0.141 e. The number of hydrogen-bond donors (Lipinski definition) is 3. The molecule has 2 heterocycles. The number of anilines is 2. The first-order valence-corrected chi connectivity index (χ1v) is 6.29. The zero-order chi connectivity index (χ0) is 11.4. The molecule has 2 aromatic heterocycles. The molecule has 16 heavy (non-hydrogen) atoms. The second kappa shape index (κ2) is 5.29. The van der Waals surface area contributed by atoms with Crippen molar-refractivity contribution in [2.45, 2.75) is 6.54 Å². The Morgan fingerprint density at radius 3 is 2.94 bits per heavy atom. The van der Waals surface area contributed by atoms with Crippen molar-refractivity contribution in [1.29, 1.82) is 0 Å². The lowest BCUT2D eigenvalue weighted by Crippen LogP contribution is -2.08. The van der Waals surface area contributed by atoms with Crippen LogP contribution in [0.4, 0.5) is 11.5 Å². The average molecular weight is 299 g/mol. The summed E-state index contributed by atoms with van der Waals surface area (Å²) in [7, 11) is 0. The minimum absolute atomic E-state index is 0.650. The lowest BCUT2D eigenvalue weighted by molar-refractivity contribution is 1.17. The molecule has 4 N–H and O–H groups in total. The molecule has 4 nitrogen and oxygen atoms in total. The van der Waals surface area contributed by atoms with Crippen LogP contribution in [0.5, 0.6) is 0 Å². The third kappa shape index (κ3) is 2.94. The van der Waals surface area contributed by atoms with E-state index in [4.69, 9.17) is 5.84 Å². The predicted octanol–water partition coefficient (Wildman–Crippen LogP) is 2.80.